The van der Waals surface area contributed by atoms with Gasteiger partial charge in [-0.15, -0.1) is 0 Å². The van der Waals surface area contributed by atoms with Gasteiger partial charge in [0.15, 0.2) is 5.78 Å². The summed E-state index contributed by atoms with van der Waals surface area (Å²) in [6, 6.07) is 3.86. The number of ether oxygens (including phenoxy) is 1. The molecule has 0 aliphatic carbocycles. The van der Waals surface area contributed by atoms with Crippen molar-refractivity contribution in [3.05, 3.63) is 29.6 Å². The first kappa shape index (κ1) is 12.8. The van der Waals surface area contributed by atoms with E-state index in [1.54, 1.807) is 6.20 Å². The summed E-state index contributed by atoms with van der Waals surface area (Å²) < 4.78 is 5.39. The molecular weight excluding hydrogens is 202 g/mol. The van der Waals surface area contributed by atoms with Crippen molar-refractivity contribution < 1.29 is 9.53 Å². The van der Waals surface area contributed by atoms with E-state index in [9.17, 15) is 4.79 Å². The lowest BCUT2D eigenvalue weighted by molar-refractivity contribution is -0.131. The zero-order valence-corrected chi connectivity index (χ0v) is 10.4. The fourth-order valence-corrected chi connectivity index (χ4v) is 1.17. The Bertz CT molecular complexity index is 366. The van der Waals surface area contributed by atoms with Gasteiger partial charge in [-0.05, 0) is 24.6 Å². The molecule has 0 saturated carbocycles. The Labute approximate surface area is 96.8 Å². The van der Waals surface area contributed by atoms with Crippen molar-refractivity contribution in [3.63, 3.8) is 0 Å². The predicted octanol–water partition coefficient (Wildman–Crippen LogP) is 2.52. The van der Waals surface area contributed by atoms with Crippen molar-refractivity contribution in [1.29, 1.82) is 0 Å². The molecule has 3 nitrogen and oxygen atoms in total. The second kappa shape index (κ2) is 5.21. The lowest BCUT2D eigenvalue weighted by atomic mass is 9.91. The molecule has 0 aromatic carbocycles. The van der Waals surface area contributed by atoms with Gasteiger partial charge in [0, 0.05) is 17.3 Å². The van der Waals surface area contributed by atoms with Gasteiger partial charge >= 0.3 is 0 Å². The minimum absolute atomic E-state index is 0.123. The summed E-state index contributed by atoms with van der Waals surface area (Å²) in [5.74, 6) is 0.123. The van der Waals surface area contributed by atoms with Gasteiger partial charge in [-0.1, -0.05) is 20.8 Å². The smallest absolute Gasteiger partial charge is 0.163 e. The largest absolute Gasteiger partial charge is 0.369 e. The van der Waals surface area contributed by atoms with Crippen LogP contribution in [0.4, 0.5) is 0 Å². The van der Waals surface area contributed by atoms with E-state index in [1.807, 2.05) is 39.8 Å². The molecule has 0 fully saturated rings. The topological polar surface area (TPSA) is 39.2 Å². The lowest BCUT2D eigenvalue weighted by Gasteiger charge is -2.16. The Balaban J connectivity index is 2.39. The molecule has 0 atom stereocenters. The molecule has 0 unspecified atom stereocenters. The third-order valence-corrected chi connectivity index (χ3v) is 2.30. The molecule has 0 saturated heterocycles. The van der Waals surface area contributed by atoms with Crippen LogP contribution in [0, 0.1) is 12.3 Å². The number of pyridine rings is 1. The number of carbonyl (C=O) groups is 1. The van der Waals surface area contributed by atoms with Crippen LogP contribution >= 0.6 is 0 Å². The van der Waals surface area contributed by atoms with Crippen LogP contribution in [0.3, 0.4) is 0 Å². The maximum Gasteiger partial charge on any atom is 0.163 e. The van der Waals surface area contributed by atoms with E-state index in [-0.39, 0.29) is 17.8 Å². The van der Waals surface area contributed by atoms with Gasteiger partial charge in [-0.25, -0.2) is 0 Å². The Morgan fingerprint density at radius 1 is 1.44 bits per heavy atom. The number of hydrogen-bond donors (Lipinski definition) is 0. The Morgan fingerprint density at radius 2 is 2.12 bits per heavy atom. The molecule has 0 radical (unpaired) electrons. The quantitative estimate of drug-likeness (QED) is 0.784. The number of aromatic nitrogens is 1. The standard InChI is InChI=1S/C13H19NO2/c1-10-7-11(5-6-14-10)8-16-9-12(15)13(2,3)4/h5-7H,8-9H2,1-4H3. The van der Waals surface area contributed by atoms with Gasteiger partial charge in [0.1, 0.15) is 6.61 Å². The molecule has 3 heteroatoms. The summed E-state index contributed by atoms with van der Waals surface area (Å²) in [5.41, 5.74) is 1.69. The van der Waals surface area contributed by atoms with Crippen molar-refractivity contribution in [2.75, 3.05) is 6.61 Å². The van der Waals surface area contributed by atoms with Crippen LogP contribution in [0.2, 0.25) is 0 Å². The van der Waals surface area contributed by atoms with Gasteiger partial charge in [0.25, 0.3) is 0 Å². The first-order chi connectivity index (χ1) is 7.39. The van der Waals surface area contributed by atoms with E-state index in [0.29, 0.717) is 6.61 Å². The third kappa shape index (κ3) is 4.11. The van der Waals surface area contributed by atoms with Crippen LogP contribution in [0.15, 0.2) is 18.3 Å². The fourth-order valence-electron chi connectivity index (χ4n) is 1.17. The second-order valence-corrected chi connectivity index (χ2v) is 4.97. The molecule has 0 aliphatic rings. The molecular formula is C13H19NO2. The van der Waals surface area contributed by atoms with Gasteiger partial charge in [0.2, 0.25) is 0 Å². The average molecular weight is 221 g/mol. The summed E-state index contributed by atoms with van der Waals surface area (Å²) in [4.78, 5) is 15.7. The van der Waals surface area contributed by atoms with E-state index in [0.717, 1.165) is 11.3 Å². The molecule has 1 rings (SSSR count). The van der Waals surface area contributed by atoms with Gasteiger partial charge < -0.3 is 4.74 Å². The highest BCUT2D eigenvalue weighted by atomic mass is 16.5. The van der Waals surface area contributed by atoms with Crippen molar-refractivity contribution in [2.24, 2.45) is 5.41 Å². The molecule has 0 amide bonds. The number of rotatable bonds is 4. The van der Waals surface area contributed by atoms with E-state index < -0.39 is 0 Å². The number of Topliss-reactive ketones (excluding diaryl/α,β-unsaturated/α-hetero) is 1. The van der Waals surface area contributed by atoms with Crippen LogP contribution in [-0.2, 0) is 16.1 Å². The fraction of sp³-hybridized carbons (Fsp3) is 0.538. The summed E-state index contributed by atoms with van der Waals surface area (Å²) in [7, 11) is 0. The Morgan fingerprint density at radius 3 is 2.69 bits per heavy atom. The molecule has 0 spiro atoms. The first-order valence-corrected chi connectivity index (χ1v) is 5.42. The van der Waals surface area contributed by atoms with Gasteiger partial charge in [-0.3, -0.25) is 9.78 Å². The number of aryl methyl sites for hydroxylation is 1. The zero-order valence-electron chi connectivity index (χ0n) is 10.4. The predicted molar refractivity (Wildman–Crippen MR) is 63.1 cm³/mol. The van der Waals surface area contributed by atoms with Crippen molar-refractivity contribution in [1.82, 2.24) is 4.98 Å². The normalized spacial score (nSPS) is 11.5. The van der Waals surface area contributed by atoms with Crippen molar-refractivity contribution in [2.45, 2.75) is 34.3 Å². The van der Waals surface area contributed by atoms with Gasteiger partial charge in [0.05, 0.1) is 6.61 Å². The van der Waals surface area contributed by atoms with E-state index in [1.165, 1.54) is 0 Å². The Kier molecular flexibility index (Phi) is 4.19. The van der Waals surface area contributed by atoms with Gasteiger partial charge in [-0.2, -0.15) is 0 Å². The van der Waals surface area contributed by atoms with E-state index >= 15 is 0 Å². The molecule has 1 heterocycles. The number of nitrogens with zero attached hydrogens (tertiary/aromatic N) is 1. The monoisotopic (exact) mass is 221 g/mol. The molecule has 1 aromatic heterocycles. The minimum Gasteiger partial charge on any atom is -0.369 e. The highest BCUT2D eigenvalue weighted by Gasteiger charge is 2.20. The summed E-state index contributed by atoms with van der Waals surface area (Å²) in [6.45, 7) is 8.26. The summed E-state index contributed by atoms with van der Waals surface area (Å²) in [6.07, 6.45) is 1.75. The average Bonchev–Trinajstić information content (AvgIpc) is 2.16. The third-order valence-electron chi connectivity index (χ3n) is 2.30. The SMILES string of the molecule is Cc1cc(COCC(=O)C(C)(C)C)ccn1. The molecule has 0 N–H and O–H groups in total. The van der Waals surface area contributed by atoms with E-state index in [2.05, 4.69) is 4.98 Å². The molecule has 88 valence electrons. The minimum atomic E-state index is -0.325. The number of ketones is 1. The molecule has 1 aromatic rings. The van der Waals surface area contributed by atoms with Crippen molar-refractivity contribution >= 4 is 5.78 Å². The summed E-state index contributed by atoms with van der Waals surface area (Å²) in [5, 5.41) is 0. The Hall–Kier alpha value is -1.22. The van der Waals surface area contributed by atoms with Crippen LogP contribution in [0.1, 0.15) is 32.0 Å². The first-order valence-electron chi connectivity index (χ1n) is 5.42. The van der Waals surface area contributed by atoms with Crippen LogP contribution in [-0.4, -0.2) is 17.4 Å². The van der Waals surface area contributed by atoms with Crippen LogP contribution in [0.5, 0.6) is 0 Å². The highest BCUT2D eigenvalue weighted by Crippen LogP contribution is 2.14. The molecule has 16 heavy (non-hydrogen) atoms. The summed E-state index contributed by atoms with van der Waals surface area (Å²) >= 11 is 0. The maximum absolute atomic E-state index is 11.6. The van der Waals surface area contributed by atoms with Crippen molar-refractivity contribution in [3.8, 4) is 0 Å². The highest BCUT2D eigenvalue weighted by molar-refractivity contribution is 5.84. The lowest BCUT2D eigenvalue weighted by Crippen LogP contribution is -2.24. The van der Waals surface area contributed by atoms with Crippen LogP contribution in [0.25, 0.3) is 0 Å². The number of carbonyl (C=O) groups excluding carboxylic acids is 1. The van der Waals surface area contributed by atoms with E-state index in [4.69, 9.17) is 4.74 Å². The second-order valence-electron chi connectivity index (χ2n) is 4.97. The molecule has 0 aliphatic heterocycles. The maximum atomic E-state index is 11.6. The van der Waals surface area contributed by atoms with Crippen LogP contribution < -0.4 is 0 Å². The molecule has 0 bridgehead atoms. The zero-order chi connectivity index (χ0) is 12.2. The number of hydrogen-bond acceptors (Lipinski definition) is 3.